The van der Waals surface area contributed by atoms with Crippen molar-refractivity contribution in [1.82, 2.24) is 20.1 Å². The van der Waals surface area contributed by atoms with E-state index in [1.165, 1.54) is 12.4 Å². The highest BCUT2D eigenvalue weighted by molar-refractivity contribution is 5.95. The number of halogens is 1. The van der Waals surface area contributed by atoms with E-state index >= 15 is 0 Å². The Balaban J connectivity index is 1.52. The predicted octanol–water partition coefficient (Wildman–Crippen LogP) is 2.46. The molecule has 1 atom stereocenters. The van der Waals surface area contributed by atoms with Crippen molar-refractivity contribution < 1.29 is 9.18 Å². The number of carbonyl (C=O) groups excluding carboxylic acids is 1. The Morgan fingerprint density at radius 1 is 1.46 bits per heavy atom. The summed E-state index contributed by atoms with van der Waals surface area (Å²) in [6.07, 6.45) is 6.06. The van der Waals surface area contributed by atoms with Crippen molar-refractivity contribution >= 4 is 11.7 Å². The van der Waals surface area contributed by atoms with Crippen LogP contribution in [0, 0.1) is 5.82 Å². The Hall–Kier alpha value is -2.44. The van der Waals surface area contributed by atoms with Crippen molar-refractivity contribution in [2.24, 2.45) is 0 Å². The smallest absolute Gasteiger partial charge is 0.322 e. The van der Waals surface area contributed by atoms with Gasteiger partial charge in [0, 0.05) is 23.6 Å². The highest BCUT2D eigenvalue weighted by Crippen LogP contribution is 2.53. The van der Waals surface area contributed by atoms with Gasteiger partial charge in [-0.15, -0.1) is 0 Å². The van der Waals surface area contributed by atoms with Crippen LogP contribution in [-0.4, -0.2) is 33.4 Å². The van der Waals surface area contributed by atoms with Crippen LogP contribution >= 0.6 is 0 Å². The lowest BCUT2D eigenvalue weighted by atomic mass is 9.65. The molecule has 1 aromatic heterocycles. The minimum Gasteiger partial charge on any atom is -0.333 e. The van der Waals surface area contributed by atoms with Gasteiger partial charge < -0.3 is 5.32 Å². The van der Waals surface area contributed by atoms with Gasteiger partial charge in [-0.2, -0.15) is 5.10 Å². The number of nitrogens with zero attached hydrogens (tertiary/aromatic N) is 4. The molecular formula is C17H20FN5O. The summed E-state index contributed by atoms with van der Waals surface area (Å²) in [6.45, 7) is 3.02. The van der Waals surface area contributed by atoms with Crippen LogP contribution in [0.2, 0.25) is 0 Å². The van der Waals surface area contributed by atoms with E-state index in [9.17, 15) is 9.18 Å². The van der Waals surface area contributed by atoms with Gasteiger partial charge in [0.15, 0.2) is 0 Å². The highest BCUT2D eigenvalue weighted by Gasteiger charge is 2.50. The Morgan fingerprint density at radius 3 is 2.96 bits per heavy atom. The lowest BCUT2D eigenvalue weighted by Crippen LogP contribution is -2.48. The zero-order chi connectivity index (χ0) is 16.7. The Bertz CT molecular complexity index is 756. The number of aromatic nitrogens is 3. The maximum Gasteiger partial charge on any atom is 0.322 e. The summed E-state index contributed by atoms with van der Waals surface area (Å²) in [6, 6.07) is 4.72. The van der Waals surface area contributed by atoms with Gasteiger partial charge in [0.05, 0.1) is 12.2 Å². The maximum atomic E-state index is 14.4. The van der Waals surface area contributed by atoms with Gasteiger partial charge in [0.1, 0.15) is 18.5 Å². The first kappa shape index (κ1) is 15.1. The van der Waals surface area contributed by atoms with Gasteiger partial charge in [0.25, 0.3) is 0 Å². The molecular weight excluding hydrogens is 309 g/mol. The first-order chi connectivity index (χ1) is 11.6. The molecule has 24 heavy (non-hydrogen) atoms. The van der Waals surface area contributed by atoms with Crippen molar-refractivity contribution in [2.75, 3.05) is 11.4 Å². The molecule has 1 spiro atoms. The van der Waals surface area contributed by atoms with E-state index in [4.69, 9.17) is 0 Å². The molecule has 7 heteroatoms. The van der Waals surface area contributed by atoms with Crippen LogP contribution in [0.15, 0.2) is 30.9 Å². The third-order valence-electron chi connectivity index (χ3n) is 5.13. The number of carbonyl (C=O) groups is 1. The predicted molar refractivity (Wildman–Crippen MR) is 87.3 cm³/mol. The zero-order valence-electron chi connectivity index (χ0n) is 13.6. The van der Waals surface area contributed by atoms with Crippen LogP contribution in [-0.2, 0) is 12.0 Å². The third kappa shape index (κ3) is 2.35. The number of anilines is 1. The van der Waals surface area contributed by atoms with E-state index in [0.717, 1.165) is 24.8 Å². The Kier molecular flexibility index (Phi) is 3.51. The maximum absolute atomic E-state index is 14.4. The van der Waals surface area contributed by atoms with Crippen molar-refractivity contribution in [3.05, 3.63) is 42.2 Å². The van der Waals surface area contributed by atoms with Gasteiger partial charge in [-0.3, -0.25) is 9.58 Å². The molecule has 1 unspecified atom stereocenters. The van der Waals surface area contributed by atoms with Gasteiger partial charge in [0.2, 0.25) is 0 Å². The average molecular weight is 329 g/mol. The molecule has 0 radical (unpaired) electrons. The SMILES string of the molecule is CC(Cn1cncn1)NC(=O)N1CC2(CCC2)c2c(F)cccc21. The lowest BCUT2D eigenvalue weighted by molar-refractivity contribution is 0.230. The summed E-state index contributed by atoms with van der Waals surface area (Å²) < 4.78 is 16.1. The fraction of sp³-hybridized carbons (Fsp3) is 0.471. The zero-order valence-corrected chi connectivity index (χ0v) is 13.6. The van der Waals surface area contributed by atoms with E-state index in [-0.39, 0.29) is 23.3 Å². The van der Waals surface area contributed by atoms with E-state index in [1.807, 2.05) is 13.0 Å². The van der Waals surface area contributed by atoms with Gasteiger partial charge in [-0.1, -0.05) is 12.5 Å². The number of benzene rings is 1. The molecule has 1 fully saturated rings. The molecule has 1 N–H and O–H groups in total. The number of nitrogens with one attached hydrogen (secondary N) is 1. The topological polar surface area (TPSA) is 63.1 Å². The second-order valence-corrected chi connectivity index (χ2v) is 6.82. The molecule has 2 heterocycles. The fourth-order valence-electron chi connectivity index (χ4n) is 3.86. The van der Waals surface area contributed by atoms with Crippen LogP contribution in [0.1, 0.15) is 31.7 Å². The normalized spacial score (nSPS) is 19.0. The molecule has 1 aliphatic heterocycles. The molecule has 4 rings (SSSR count). The van der Waals surface area contributed by atoms with Crippen molar-refractivity contribution in [2.45, 2.75) is 44.2 Å². The standard InChI is InChI=1S/C17H20FN5O/c1-12(8-22-11-19-10-20-22)21-16(24)23-9-17(6-3-7-17)15-13(18)4-2-5-14(15)23/h2,4-5,10-12H,3,6-9H2,1H3,(H,21,24). The van der Waals surface area contributed by atoms with E-state index in [0.29, 0.717) is 18.8 Å². The summed E-state index contributed by atoms with van der Waals surface area (Å²) in [4.78, 5) is 18.3. The van der Waals surface area contributed by atoms with Gasteiger partial charge in [-0.25, -0.2) is 14.2 Å². The summed E-state index contributed by atoms with van der Waals surface area (Å²) in [5, 5.41) is 7.03. The highest BCUT2D eigenvalue weighted by atomic mass is 19.1. The van der Waals surface area contributed by atoms with Crippen molar-refractivity contribution in [3.8, 4) is 0 Å². The Labute approximate surface area is 139 Å². The summed E-state index contributed by atoms with van der Waals surface area (Å²) in [7, 11) is 0. The number of hydrogen-bond acceptors (Lipinski definition) is 3. The first-order valence-corrected chi connectivity index (χ1v) is 8.28. The molecule has 2 aromatic rings. The first-order valence-electron chi connectivity index (χ1n) is 8.28. The van der Waals surface area contributed by atoms with E-state index in [2.05, 4.69) is 15.4 Å². The number of rotatable bonds is 3. The van der Waals surface area contributed by atoms with Crippen molar-refractivity contribution in [1.29, 1.82) is 0 Å². The van der Waals surface area contributed by atoms with Crippen LogP contribution in [0.4, 0.5) is 14.9 Å². The van der Waals surface area contributed by atoms with Crippen molar-refractivity contribution in [3.63, 3.8) is 0 Å². The second kappa shape index (κ2) is 5.58. The molecule has 0 bridgehead atoms. The van der Waals surface area contributed by atoms with Crippen LogP contribution in [0.5, 0.6) is 0 Å². The quantitative estimate of drug-likeness (QED) is 0.941. The third-order valence-corrected chi connectivity index (χ3v) is 5.13. The molecule has 1 aliphatic carbocycles. The number of urea groups is 1. The minimum absolute atomic E-state index is 0.103. The summed E-state index contributed by atoms with van der Waals surface area (Å²) in [5.41, 5.74) is 1.24. The molecule has 126 valence electrons. The molecule has 2 amide bonds. The average Bonchev–Trinajstić information content (AvgIpc) is 3.12. The van der Waals surface area contributed by atoms with E-state index < -0.39 is 0 Å². The van der Waals surface area contributed by atoms with Gasteiger partial charge in [-0.05, 0) is 31.9 Å². The number of fused-ring (bicyclic) bond motifs is 2. The van der Waals surface area contributed by atoms with Crippen LogP contribution < -0.4 is 10.2 Å². The van der Waals surface area contributed by atoms with Crippen LogP contribution in [0.3, 0.4) is 0 Å². The van der Waals surface area contributed by atoms with Gasteiger partial charge >= 0.3 is 6.03 Å². The number of amides is 2. The summed E-state index contributed by atoms with van der Waals surface area (Å²) in [5.74, 6) is -0.196. The molecule has 2 aliphatic rings. The summed E-state index contributed by atoms with van der Waals surface area (Å²) >= 11 is 0. The fourth-order valence-corrected chi connectivity index (χ4v) is 3.86. The van der Waals surface area contributed by atoms with E-state index in [1.54, 1.807) is 22.0 Å². The Morgan fingerprint density at radius 2 is 2.29 bits per heavy atom. The second-order valence-electron chi connectivity index (χ2n) is 6.82. The number of hydrogen-bond donors (Lipinski definition) is 1. The largest absolute Gasteiger partial charge is 0.333 e. The molecule has 1 aromatic carbocycles. The lowest BCUT2D eigenvalue weighted by Gasteiger charge is -2.39. The molecule has 1 saturated carbocycles. The van der Waals surface area contributed by atoms with Crippen LogP contribution in [0.25, 0.3) is 0 Å². The molecule has 6 nitrogen and oxygen atoms in total. The molecule has 0 saturated heterocycles. The monoisotopic (exact) mass is 329 g/mol. The minimum atomic E-state index is -0.196.